The maximum atomic E-state index is 12.4. The van der Waals surface area contributed by atoms with Gasteiger partial charge in [-0.3, -0.25) is 9.69 Å². The molecule has 25 heavy (non-hydrogen) atoms. The van der Waals surface area contributed by atoms with E-state index in [9.17, 15) is 4.79 Å². The molecule has 3 N–H and O–H groups in total. The van der Waals surface area contributed by atoms with Crippen LogP contribution >= 0.6 is 11.3 Å². The van der Waals surface area contributed by atoms with Gasteiger partial charge in [0.25, 0.3) is 5.56 Å². The Hall–Kier alpha value is -2.02. The smallest absolute Gasteiger partial charge is 0.259 e. The van der Waals surface area contributed by atoms with E-state index in [1.165, 1.54) is 5.56 Å². The minimum Gasteiger partial charge on any atom is -0.326 e. The molecule has 1 aliphatic rings. The van der Waals surface area contributed by atoms with E-state index in [1.54, 1.807) is 11.3 Å². The van der Waals surface area contributed by atoms with Crippen LogP contribution in [0.1, 0.15) is 27.7 Å². The summed E-state index contributed by atoms with van der Waals surface area (Å²) < 4.78 is 0. The molecule has 0 aliphatic carbocycles. The molecule has 3 heterocycles. The molecule has 1 saturated heterocycles. The number of aromatic amines is 1. The van der Waals surface area contributed by atoms with Crippen LogP contribution in [0.4, 0.5) is 0 Å². The number of hydrogen-bond donors (Lipinski definition) is 2. The number of likely N-dealkylation sites (tertiary alicyclic amines) is 1. The van der Waals surface area contributed by atoms with Crippen molar-refractivity contribution in [3.63, 3.8) is 0 Å². The molecule has 2 atom stereocenters. The van der Waals surface area contributed by atoms with E-state index in [0.717, 1.165) is 39.6 Å². The first kappa shape index (κ1) is 16.4. The third-order valence-electron chi connectivity index (χ3n) is 5.13. The summed E-state index contributed by atoms with van der Waals surface area (Å²) >= 11 is 1.59. The molecular formula is C19H22N4OS. The highest BCUT2D eigenvalue weighted by Crippen LogP contribution is 2.28. The maximum absolute atomic E-state index is 12.4. The fraction of sp³-hybridized carbons (Fsp3) is 0.368. The number of aromatic nitrogens is 2. The largest absolute Gasteiger partial charge is 0.326 e. The number of nitrogens with zero attached hydrogens (tertiary/aromatic N) is 2. The molecule has 5 nitrogen and oxygen atoms in total. The quantitative estimate of drug-likeness (QED) is 0.758. The summed E-state index contributed by atoms with van der Waals surface area (Å²) in [7, 11) is 0. The van der Waals surface area contributed by atoms with E-state index < -0.39 is 0 Å². The van der Waals surface area contributed by atoms with Gasteiger partial charge in [0.2, 0.25) is 0 Å². The second-order valence-electron chi connectivity index (χ2n) is 6.85. The molecule has 1 aromatic carbocycles. The van der Waals surface area contributed by atoms with E-state index >= 15 is 0 Å². The number of nitrogens with two attached hydrogens (primary N) is 1. The summed E-state index contributed by atoms with van der Waals surface area (Å²) in [5, 5.41) is 0.728. The SMILES string of the molecule is Cc1sc2nc(CN3C[C@@H](N)[C@H](c4ccccc4)C3)[nH]c(=O)c2c1C. The number of rotatable bonds is 3. The van der Waals surface area contributed by atoms with Crippen LogP contribution in [0.25, 0.3) is 10.2 Å². The molecule has 0 unspecified atom stereocenters. The lowest BCUT2D eigenvalue weighted by molar-refractivity contribution is 0.315. The highest BCUT2D eigenvalue weighted by Gasteiger charge is 2.31. The standard InChI is InChI=1S/C19H22N4OS/c1-11-12(2)25-19-17(11)18(24)21-16(22-19)10-23-8-14(15(20)9-23)13-6-4-3-5-7-13/h3-7,14-15H,8-10,20H2,1-2H3,(H,21,22,24)/t14-,15+/m0/s1. The van der Waals surface area contributed by atoms with Crippen molar-refractivity contribution in [1.82, 2.24) is 14.9 Å². The Labute approximate surface area is 150 Å². The molecule has 1 aliphatic heterocycles. The van der Waals surface area contributed by atoms with E-state index in [-0.39, 0.29) is 11.6 Å². The van der Waals surface area contributed by atoms with Gasteiger partial charge in [0.15, 0.2) is 0 Å². The van der Waals surface area contributed by atoms with Crippen molar-refractivity contribution in [2.24, 2.45) is 5.73 Å². The lowest BCUT2D eigenvalue weighted by Gasteiger charge is -2.15. The summed E-state index contributed by atoms with van der Waals surface area (Å²) in [6.45, 7) is 6.33. The van der Waals surface area contributed by atoms with Gasteiger partial charge >= 0.3 is 0 Å². The zero-order valence-corrected chi connectivity index (χ0v) is 15.3. The van der Waals surface area contributed by atoms with Gasteiger partial charge < -0.3 is 10.7 Å². The van der Waals surface area contributed by atoms with Crippen molar-refractivity contribution in [3.05, 3.63) is 62.5 Å². The number of nitrogens with one attached hydrogen (secondary N) is 1. The number of benzene rings is 1. The van der Waals surface area contributed by atoms with Crippen LogP contribution in [0, 0.1) is 13.8 Å². The number of fused-ring (bicyclic) bond motifs is 1. The Balaban J connectivity index is 1.57. The number of thiophene rings is 1. The van der Waals surface area contributed by atoms with Gasteiger partial charge in [0.1, 0.15) is 10.7 Å². The fourth-order valence-electron chi connectivity index (χ4n) is 3.68. The highest BCUT2D eigenvalue weighted by molar-refractivity contribution is 7.18. The fourth-order valence-corrected chi connectivity index (χ4v) is 4.73. The molecule has 6 heteroatoms. The van der Waals surface area contributed by atoms with Crippen LogP contribution < -0.4 is 11.3 Å². The van der Waals surface area contributed by atoms with Gasteiger partial charge in [-0.05, 0) is 25.0 Å². The van der Waals surface area contributed by atoms with Crippen LogP contribution in [0.5, 0.6) is 0 Å². The molecule has 0 spiro atoms. The number of hydrogen-bond acceptors (Lipinski definition) is 5. The highest BCUT2D eigenvalue weighted by atomic mass is 32.1. The van der Waals surface area contributed by atoms with E-state index in [2.05, 4.69) is 39.1 Å². The first-order chi connectivity index (χ1) is 12.0. The zero-order valence-electron chi connectivity index (χ0n) is 14.5. The van der Waals surface area contributed by atoms with Gasteiger partial charge in [-0.1, -0.05) is 30.3 Å². The lowest BCUT2D eigenvalue weighted by atomic mass is 9.95. The lowest BCUT2D eigenvalue weighted by Crippen LogP contribution is -2.29. The predicted molar refractivity (Wildman–Crippen MR) is 102 cm³/mol. The first-order valence-corrected chi connectivity index (χ1v) is 9.36. The van der Waals surface area contributed by atoms with Crippen molar-refractivity contribution in [1.29, 1.82) is 0 Å². The van der Waals surface area contributed by atoms with Gasteiger partial charge in [-0.15, -0.1) is 11.3 Å². The van der Waals surface area contributed by atoms with E-state index in [4.69, 9.17) is 5.73 Å². The Morgan fingerprint density at radius 2 is 2.04 bits per heavy atom. The topological polar surface area (TPSA) is 75.0 Å². The van der Waals surface area contributed by atoms with Gasteiger partial charge in [0.05, 0.1) is 11.9 Å². The molecule has 2 aromatic heterocycles. The summed E-state index contributed by atoms with van der Waals surface area (Å²) in [4.78, 5) is 24.3. The normalized spacial score (nSPS) is 21.2. The molecule has 0 saturated carbocycles. The van der Waals surface area contributed by atoms with Crippen molar-refractivity contribution < 1.29 is 0 Å². The molecule has 4 rings (SSSR count). The summed E-state index contributed by atoms with van der Waals surface area (Å²) in [5.74, 6) is 1.04. The third-order valence-corrected chi connectivity index (χ3v) is 6.23. The molecule has 0 bridgehead atoms. The summed E-state index contributed by atoms with van der Waals surface area (Å²) in [6.07, 6.45) is 0. The molecule has 130 valence electrons. The van der Waals surface area contributed by atoms with Crippen LogP contribution in [0.15, 0.2) is 35.1 Å². The van der Waals surface area contributed by atoms with E-state index in [1.807, 2.05) is 19.9 Å². The van der Waals surface area contributed by atoms with Gasteiger partial charge in [-0.2, -0.15) is 0 Å². The van der Waals surface area contributed by atoms with Crippen LogP contribution in [-0.4, -0.2) is 34.0 Å². The minimum atomic E-state index is -0.0371. The monoisotopic (exact) mass is 354 g/mol. The Morgan fingerprint density at radius 1 is 1.28 bits per heavy atom. The molecule has 0 radical (unpaired) electrons. The second kappa shape index (κ2) is 6.37. The van der Waals surface area contributed by atoms with Gasteiger partial charge in [0, 0.05) is 29.9 Å². The first-order valence-electron chi connectivity index (χ1n) is 8.54. The maximum Gasteiger partial charge on any atom is 0.259 e. The van der Waals surface area contributed by atoms with Crippen LogP contribution in [0.3, 0.4) is 0 Å². The average Bonchev–Trinajstić information content (AvgIpc) is 3.08. The second-order valence-corrected chi connectivity index (χ2v) is 8.05. The van der Waals surface area contributed by atoms with Crippen molar-refractivity contribution in [2.75, 3.05) is 13.1 Å². The minimum absolute atomic E-state index is 0.0371. The van der Waals surface area contributed by atoms with Crippen molar-refractivity contribution in [3.8, 4) is 0 Å². The summed E-state index contributed by atoms with van der Waals surface area (Å²) in [5.41, 5.74) is 8.64. The number of aryl methyl sites for hydroxylation is 2. The molecule has 0 amide bonds. The molecule has 3 aromatic rings. The van der Waals surface area contributed by atoms with Crippen LogP contribution in [-0.2, 0) is 6.54 Å². The van der Waals surface area contributed by atoms with Crippen molar-refractivity contribution >= 4 is 21.6 Å². The Kier molecular flexibility index (Phi) is 4.19. The summed E-state index contributed by atoms with van der Waals surface area (Å²) in [6, 6.07) is 10.5. The molecule has 1 fully saturated rings. The average molecular weight is 354 g/mol. The third kappa shape index (κ3) is 3.01. The molecular weight excluding hydrogens is 332 g/mol. The van der Waals surface area contributed by atoms with Crippen molar-refractivity contribution in [2.45, 2.75) is 32.4 Å². The number of H-pyrrole nitrogens is 1. The Morgan fingerprint density at radius 3 is 2.80 bits per heavy atom. The predicted octanol–water partition coefficient (Wildman–Crippen LogP) is 2.53. The van der Waals surface area contributed by atoms with Crippen LogP contribution in [0.2, 0.25) is 0 Å². The van der Waals surface area contributed by atoms with Gasteiger partial charge in [-0.25, -0.2) is 4.98 Å². The zero-order chi connectivity index (χ0) is 17.6. The van der Waals surface area contributed by atoms with E-state index in [0.29, 0.717) is 12.5 Å². The Bertz CT molecular complexity index is 963.